The molecular formula is C12H16N2O3S. The molecule has 0 N–H and O–H groups in total. The first-order valence-electron chi connectivity index (χ1n) is 6.18. The van der Waals surface area contributed by atoms with Crippen LogP contribution in [-0.2, 0) is 9.47 Å². The van der Waals surface area contributed by atoms with Crippen LogP contribution in [0.1, 0.15) is 28.3 Å². The van der Waals surface area contributed by atoms with Gasteiger partial charge >= 0.3 is 0 Å². The number of likely N-dealkylation sites (tertiary alicyclic amines) is 1. The van der Waals surface area contributed by atoms with E-state index in [1.165, 1.54) is 11.3 Å². The highest BCUT2D eigenvalue weighted by Crippen LogP contribution is 2.31. The van der Waals surface area contributed by atoms with Gasteiger partial charge in [0.05, 0.1) is 13.2 Å². The van der Waals surface area contributed by atoms with Crippen molar-refractivity contribution in [2.45, 2.75) is 25.6 Å². The molecule has 1 aromatic rings. The Balaban J connectivity index is 1.64. The number of aryl methyl sites for hydroxylation is 1. The molecule has 5 nitrogen and oxygen atoms in total. The first-order chi connectivity index (χ1) is 8.69. The van der Waals surface area contributed by atoms with Crippen LogP contribution in [0.2, 0.25) is 0 Å². The third kappa shape index (κ3) is 2.15. The number of hydrogen-bond donors (Lipinski definition) is 0. The average Bonchev–Trinajstić information content (AvgIpc) is 3.00. The van der Waals surface area contributed by atoms with Crippen molar-refractivity contribution in [2.24, 2.45) is 0 Å². The Morgan fingerprint density at radius 1 is 1.39 bits per heavy atom. The molecule has 0 aliphatic carbocycles. The molecule has 3 heterocycles. The monoisotopic (exact) mass is 268 g/mol. The number of carbonyl (C=O) groups is 1. The summed E-state index contributed by atoms with van der Waals surface area (Å²) in [5.74, 6) is -0.392. The second-order valence-corrected chi connectivity index (χ2v) is 5.55. The molecule has 0 atom stereocenters. The SMILES string of the molecule is Cc1csc(C(=O)N2CCC3(CC2)OCCO3)n1. The summed E-state index contributed by atoms with van der Waals surface area (Å²) >= 11 is 1.41. The maximum Gasteiger partial charge on any atom is 0.282 e. The highest BCUT2D eigenvalue weighted by atomic mass is 32.1. The summed E-state index contributed by atoms with van der Waals surface area (Å²) in [6.45, 7) is 4.59. The zero-order chi connectivity index (χ0) is 12.6. The van der Waals surface area contributed by atoms with E-state index in [0.717, 1.165) is 18.5 Å². The van der Waals surface area contributed by atoms with Gasteiger partial charge in [0.1, 0.15) is 0 Å². The number of hydrogen-bond acceptors (Lipinski definition) is 5. The van der Waals surface area contributed by atoms with E-state index in [1.54, 1.807) is 0 Å². The van der Waals surface area contributed by atoms with Crippen LogP contribution in [0, 0.1) is 6.92 Å². The molecule has 2 saturated heterocycles. The van der Waals surface area contributed by atoms with Gasteiger partial charge in [-0.25, -0.2) is 4.98 Å². The maximum atomic E-state index is 12.2. The predicted molar refractivity (Wildman–Crippen MR) is 66.6 cm³/mol. The number of piperidine rings is 1. The summed E-state index contributed by atoms with van der Waals surface area (Å²) < 4.78 is 11.3. The third-order valence-electron chi connectivity index (χ3n) is 3.43. The van der Waals surface area contributed by atoms with Crippen LogP contribution in [0.5, 0.6) is 0 Å². The number of ether oxygens (including phenoxy) is 2. The van der Waals surface area contributed by atoms with Crippen LogP contribution in [0.25, 0.3) is 0 Å². The Kier molecular flexibility index (Phi) is 3.09. The first-order valence-corrected chi connectivity index (χ1v) is 7.06. The smallest absolute Gasteiger partial charge is 0.282 e. The lowest BCUT2D eigenvalue weighted by Gasteiger charge is -2.37. The predicted octanol–water partition coefficient (Wildman–Crippen LogP) is 1.43. The molecule has 98 valence electrons. The molecule has 0 bridgehead atoms. The number of carbonyl (C=O) groups excluding carboxylic acids is 1. The van der Waals surface area contributed by atoms with Gasteiger partial charge in [-0.05, 0) is 6.92 Å². The summed E-state index contributed by atoms with van der Waals surface area (Å²) in [5, 5.41) is 2.48. The lowest BCUT2D eigenvalue weighted by Crippen LogP contribution is -2.47. The molecule has 1 spiro atoms. The lowest BCUT2D eigenvalue weighted by molar-refractivity contribution is -0.181. The number of aromatic nitrogens is 1. The summed E-state index contributed by atoms with van der Waals surface area (Å²) in [7, 11) is 0. The summed E-state index contributed by atoms with van der Waals surface area (Å²) in [6.07, 6.45) is 1.51. The Morgan fingerprint density at radius 2 is 2.06 bits per heavy atom. The van der Waals surface area contributed by atoms with Crippen molar-refractivity contribution >= 4 is 17.2 Å². The van der Waals surface area contributed by atoms with Crippen molar-refractivity contribution in [3.05, 3.63) is 16.1 Å². The molecule has 2 aliphatic heterocycles. The van der Waals surface area contributed by atoms with Crippen molar-refractivity contribution in [3.8, 4) is 0 Å². The molecule has 18 heavy (non-hydrogen) atoms. The van der Waals surface area contributed by atoms with Crippen LogP contribution in [-0.4, -0.2) is 47.9 Å². The van der Waals surface area contributed by atoms with E-state index < -0.39 is 5.79 Å². The van der Waals surface area contributed by atoms with Crippen molar-refractivity contribution in [3.63, 3.8) is 0 Å². The van der Waals surface area contributed by atoms with Gasteiger partial charge in [-0.3, -0.25) is 4.79 Å². The van der Waals surface area contributed by atoms with E-state index in [-0.39, 0.29) is 5.91 Å². The molecule has 0 unspecified atom stereocenters. The van der Waals surface area contributed by atoms with Gasteiger partial charge in [0, 0.05) is 37.0 Å². The fourth-order valence-corrected chi connectivity index (χ4v) is 3.19. The summed E-state index contributed by atoms with van der Waals surface area (Å²) in [4.78, 5) is 18.3. The van der Waals surface area contributed by atoms with Gasteiger partial charge in [-0.2, -0.15) is 0 Å². The Labute approximate surface area is 110 Å². The van der Waals surface area contributed by atoms with E-state index in [9.17, 15) is 4.79 Å². The molecule has 3 rings (SSSR count). The molecule has 1 aromatic heterocycles. The lowest BCUT2D eigenvalue weighted by atomic mass is 10.0. The van der Waals surface area contributed by atoms with Crippen molar-refractivity contribution in [1.29, 1.82) is 0 Å². The minimum absolute atomic E-state index is 0.0287. The standard InChI is InChI=1S/C12H16N2O3S/c1-9-8-18-10(13-9)11(15)14-4-2-12(3-5-14)16-6-7-17-12/h8H,2-7H2,1H3. The van der Waals surface area contributed by atoms with Crippen LogP contribution in [0.3, 0.4) is 0 Å². The van der Waals surface area contributed by atoms with Crippen LogP contribution in [0.4, 0.5) is 0 Å². The summed E-state index contributed by atoms with van der Waals surface area (Å²) in [5.41, 5.74) is 0.902. The number of thiazole rings is 1. The molecule has 2 aliphatic rings. The zero-order valence-corrected chi connectivity index (χ0v) is 11.2. The Bertz CT molecular complexity index is 444. The molecule has 1 amide bonds. The van der Waals surface area contributed by atoms with E-state index >= 15 is 0 Å². The quantitative estimate of drug-likeness (QED) is 0.773. The molecule has 2 fully saturated rings. The summed E-state index contributed by atoms with van der Waals surface area (Å²) in [6, 6.07) is 0. The van der Waals surface area contributed by atoms with Gasteiger partial charge < -0.3 is 14.4 Å². The van der Waals surface area contributed by atoms with Crippen molar-refractivity contribution in [1.82, 2.24) is 9.88 Å². The van der Waals surface area contributed by atoms with Gasteiger partial charge in [0.15, 0.2) is 10.8 Å². The highest BCUT2D eigenvalue weighted by molar-refractivity contribution is 7.11. The van der Waals surface area contributed by atoms with Gasteiger partial charge in [-0.1, -0.05) is 0 Å². The van der Waals surface area contributed by atoms with Crippen LogP contribution >= 0.6 is 11.3 Å². The molecule has 0 aromatic carbocycles. The number of rotatable bonds is 1. The van der Waals surface area contributed by atoms with Crippen LogP contribution in [0.15, 0.2) is 5.38 Å². The minimum Gasteiger partial charge on any atom is -0.347 e. The second kappa shape index (κ2) is 4.60. The van der Waals surface area contributed by atoms with E-state index in [0.29, 0.717) is 31.3 Å². The van der Waals surface area contributed by atoms with Crippen LogP contribution < -0.4 is 0 Å². The minimum atomic E-state index is -0.421. The third-order valence-corrected chi connectivity index (χ3v) is 4.38. The largest absolute Gasteiger partial charge is 0.347 e. The van der Waals surface area contributed by atoms with E-state index in [4.69, 9.17) is 9.47 Å². The second-order valence-electron chi connectivity index (χ2n) is 4.69. The zero-order valence-electron chi connectivity index (χ0n) is 10.3. The normalized spacial score (nSPS) is 22.6. The average molecular weight is 268 g/mol. The maximum absolute atomic E-state index is 12.2. The molecule has 0 radical (unpaired) electrons. The Hall–Kier alpha value is -0.980. The fourth-order valence-electron chi connectivity index (χ4n) is 2.42. The topological polar surface area (TPSA) is 51.7 Å². The van der Waals surface area contributed by atoms with Crippen molar-refractivity contribution in [2.75, 3.05) is 26.3 Å². The van der Waals surface area contributed by atoms with Gasteiger partial charge in [-0.15, -0.1) is 11.3 Å². The van der Waals surface area contributed by atoms with Gasteiger partial charge in [0.2, 0.25) is 0 Å². The van der Waals surface area contributed by atoms with E-state index in [1.807, 2.05) is 17.2 Å². The first kappa shape index (κ1) is 12.1. The van der Waals surface area contributed by atoms with E-state index in [2.05, 4.69) is 4.98 Å². The van der Waals surface area contributed by atoms with Gasteiger partial charge in [0.25, 0.3) is 5.91 Å². The Morgan fingerprint density at radius 3 is 2.61 bits per heavy atom. The number of nitrogens with zero attached hydrogens (tertiary/aromatic N) is 2. The molecular weight excluding hydrogens is 252 g/mol. The fraction of sp³-hybridized carbons (Fsp3) is 0.667. The number of amides is 1. The highest BCUT2D eigenvalue weighted by Gasteiger charge is 2.41. The molecule has 6 heteroatoms. The molecule has 0 saturated carbocycles. The van der Waals surface area contributed by atoms with Crippen molar-refractivity contribution < 1.29 is 14.3 Å².